The lowest BCUT2D eigenvalue weighted by Gasteiger charge is -2.17. The highest BCUT2D eigenvalue weighted by atomic mass is 35.6. The Morgan fingerprint density at radius 1 is 1.06 bits per heavy atom. The van der Waals surface area contributed by atoms with Crippen LogP contribution in [0.1, 0.15) is 58.3 Å². The maximum atomic E-state index is 11.2. The molecule has 0 radical (unpaired) electrons. The summed E-state index contributed by atoms with van der Waals surface area (Å²) in [4.78, 5) is 11.2. The van der Waals surface area contributed by atoms with Gasteiger partial charge < -0.3 is 4.74 Å². The van der Waals surface area contributed by atoms with Gasteiger partial charge in [0, 0.05) is 0 Å². The molecule has 1 atom stereocenters. The van der Waals surface area contributed by atoms with Gasteiger partial charge in [-0.05, 0) is 6.04 Å². The summed E-state index contributed by atoms with van der Waals surface area (Å²) in [5, 5.41) is 0. The fourth-order valence-corrected chi connectivity index (χ4v) is 4.73. The fourth-order valence-electron chi connectivity index (χ4n) is 2.09. The van der Waals surface area contributed by atoms with Gasteiger partial charge in [0.25, 0.3) is 0 Å². The number of esters is 1. The normalized spacial score (nSPS) is 14.2. The molecule has 0 bridgehead atoms. The molecule has 18 heavy (non-hydrogen) atoms. The molecule has 4 heteroatoms. The minimum absolute atomic E-state index is 0.154. The number of unbranched alkanes of at least 4 members (excludes halogenated alkanes) is 7. The summed E-state index contributed by atoms with van der Waals surface area (Å²) in [6.07, 6.45) is 10.5. The molecule has 0 aromatic rings. The van der Waals surface area contributed by atoms with Gasteiger partial charge in [-0.2, -0.15) is 11.1 Å². The highest BCUT2D eigenvalue weighted by molar-refractivity contribution is 7.20. The smallest absolute Gasteiger partial charge is 0.304 e. The van der Waals surface area contributed by atoms with Gasteiger partial charge in [0.15, 0.2) is 7.38 Å². The van der Waals surface area contributed by atoms with Crippen molar-refractivity contribution in [3.63, 3.8) is 0 Å². The largest absolute Gasteiger partial charge is 0.469 e. The van der Waals surface area contributed by atoms with E-state index < -0.39 is 7.38 Å². The Morgan fingerprint density at radius 3 is 2.06 bits per heavy atom. The molecule has 2 nitrogen and oxygen atoms in total. The molecule has 0 fully saturated rings. The molecule has 108 valence electrons. The Balaban J connectivity index is 3.44. The summed E-state index contributed by atoms with van der Waals surface area (Å²) < 4.78 is 4.68. The van der Waals surface area contributed by atoms with Crippen molar-refractivity contribution in [1.82, 2.24) is 0 Å². The number of hydrogen-bond donors (Lipinski definition) is 0. The first kappa shape index (κ1) is 18.0. The Labute approximate surface area is 118 Å². The van der Waals surface area contributed by atoms with Gasteiger partial charge in [0.2, 0.25) is 0 Å². The molecule has 0 saturated carbocycles. The van der Waals surface area contributed by atoms with Crippen LogP contribution in [0.2, 0.25) is 18.6 Å². The molecule has 0 aliphatic heterocycles. The van der Waals surface area contributed by atoms with Crippen LogP contribution >= 0.6 is 11.1 Å². The van der Waals surface area contributed by atoms with Gasteiger partial charge in [-0.15, -0.1) is 0 Å². The van der Waals surface area contributed by atoms with E-state index in [-0.39, 0.29) is 5.97 Å². The molecule has 0 saturated heterocycles. The van der Waals surface area contributed by atoms with Crippen LogP contribution in [0.3, 0.4) is 0 Å². The van der Waals surface area contributed by atoms with Crippen molar-refractivity contribution in [2.75, 3.05) is 7.11 Å². The first-order valence-corrected chi connectivity index (χ1v) is 11.2. The van der Waals surface area contributed by atoms with E-state index >= 15 is 0 Å². The zero-order valence-electron chi connectivity index (χ0n) is 12.3. The standard InChI is InChI=1S/C14H29ClO2Si/c1-4-5-6-7-8-9-10-11-12-18(3,15)13-14(16)17-2/h4-13H2,1-3H3. The van der Waals surface area contributed by atoms with Crippen LogP contribution in [0.4, 0.5) is 0 Å². The zero-order chi connectivity index (χ0) is 13.9. The Hall–Kier alpha value is -0.0231. The van der Waals surface area contributed by atoms with E-state index in [0.717, 1.165) is 12.5 Å². The molecule has 0 rings (SSSR count). The van der Waals surface area contributed by atoms with Crippen molar-refractivity contribution in [3.05, 3.63) is 0 Å². The molecule has 0 aliphatic carbocycles. The topological polar surface area (TPSA) is 26.3 Å². The van der Waals surface area contributed by atoms with E-state index in [1.807, 2.05) is 0 Å². The predicted molar refractivity (Wildman–Crippen MR) is 81.7 cm³/mol. The number of rotatable bonds is 11. The second-order valence-electron chi connectivity index (χ2n) is 5.39. The Kier molecular flexibility index (Phi) is 10.8. The van der Waals surface area contributed by atoms with Gasteiger partial charge >= 0.3 is 5.97 Å². The maximum Gasteiger partial charge on any atom is 0.304 e. The van der Waals surface area contributed by atoms with Crippen LogP contribution in [0.5, 0.6) is 0 Å². The summed E-state index contributed by atoms with van der Waals surface area (Å²) in [5.41, 5.74) is 0. The predicted octanol–water partition coefficient (Wildman–Crippen LogP) is 5.11. The second-order valence-corrected chi connectivity index (χ2v) is 11.8. The number of hydrogen-bond acceptors (Lipinski definition) is 2. The highest BCUT2D eigenvalue weighted by Crippen LogP contribution is 2.24. The van der Waals surface area contributed by atoms with Gasteiger partial charge in [-0.3, -0.25) is 4.79 Å². The molecule has 0 spiro atoms. The number of halogens is 1. The van der Waals surface area contributed by atoms with Crippen molar-refractivity contribution in [1.29, 1.82) is 0 Å². The molecule has 0 N–H and O–H groups in total. The van der Waals surface area contributed by atoms with Crippen LogP contribution < -0.4 is 0 Å². The van der Waals surface area contributed by atoms with E-state index in [1.54, 1.807) is 0 Å². The summed E-state index contributed by atoms with van der Waals surface area (Å²) in [7, 11) is -0.440. The molecule has 0 aromatic carbocycles. The maximum absolute atomic E-state index is 11.2. The number of carbonyl (C=O) groups is 1. The van der Waals surface area contributed by atoms with Crippen molar-refractivity contribution < 1.29 is 9.53 Å². The zero-order valence-corrected chi connectivity index (χ0v) is 14.0. The monoisotopic (exact) mass is 292 g/mol. The summed E-state index contributed by atoms with van der Waals surface area (Å²) >= 11 is 6.43. The summed E-state index contributed by atoms with van der Waals surface area (Å²) in [6.45, 7) is 4.31. The minimum atomic E-state index is -1.87. The van der Waals surface area contributed by atoms with Crippen molar-refractivity contribution in [3.8, 4) is 0 Å². The molecule has 0 aromatic heterocycles. The van der Waals surface area contributed by atoms with E-state index in [4.69, 9.17) is 11.1 Å². The van der Waals surface area contributed by atoms with Crippen molar-refractivity contribution in [2.45, 2.75) is 76.9 Å². The van der Waals surface area contributed by atoms with Crippen molar-refractivity contribution >= 4 is 24.4 Å². The highest BCUT2D eigenvalue weighted by Gasteiger charge is 2.27. The molecular formula is C14H29ClO2Si. The van der Waals surface area contributed by atoms with Crippen LogP contribution in [0.15, 0.2) is 0 Å². The van der Waals surface area contributed by atoms with E-state index in [2.05, 4.69) is 18.2 Å². The quantitative estimate of drug-likeness (QED) is 0.229. The third-order valence-corrected chi connectivity index (χ3v) is 6.68. The Bertz CT molecular complexity index is 220. The third kappa shape index (κ3) is 11.1. The average molecular weight is 293 g/mol. The molecule has 1 unspecified atom stereocenters. The summed E-state index contributed by atoms with van der Waals surface area (Å²) in [6, 6.07) is 1.47. The first-order chi connectivity index (χ1) is 8.52. The van der Waals surface area contributed by atoms with Crippen molar-refractivity contribution in [2.24, 2.45) is 0 Å². The van der Waals surface area contributed by atoms with Gasteiger partial charge in [0.1, 0.15) is 0 Å². The molecule has 0 heterocycles. The fraction of sp³-hybridized carbons (Fsp3) is 0.929. The lowest BCUT2D eigenvalue weighted by Crippen LogP contribution is -2.26. The third-order valence-electron chi connectivity index (χ3n) is 3.29. The number of ether oxygens (including phenoxy) is 1. The average Bonchev–Trinajstić information content (AvgIpc) is 2.31. The van der Waals surface area contributed by atoms with Crippen LogP contribution in [-0.2, 0) is 9.53 Å². The van der Waals surface area contributed by atoms with E-state index in [1.165, 1.54) is 52.1 Å². The SMILES string of the molecule is CCCCCCCCCC[Si](C)(Cl)CC(=O)OC. The first-order valence-electron chi connectivity index (χ1n) is 7.27. The Morgan fingerprint density at radius 2 is 1.56 bits per heavy atom. The summed E-state index contributed by atoms with van der Waals surface area (Å²) in [5.74, 6) is -0.154. The minimum Gasteiger partial charge on any atom is -0.469 e. The molecular weight excluding hydrogens is 264 g/mol. The van der Waals surface area contributed by atoms with Gasteiger partial charge in [-0.25, -0.2) is 0 Å². The van der Waals surface area contributed by atoms with Gasteiger partial charge in [0.05, 0.1) is 13.2 Å². The lowest BCUT2D eigenvalue weighted by molar-refractivity contribution is -0.138. The van der Waals surface area contributed by atoms with Crippen LogP contribution in [0.25, 0.3) is 0 Å². The van der Waals surface area contributed by atoms with E-state index in [9.17, 15) is 4.79 Å². The number of methoxy groups -OCH3 is 1. The van der Waals surface area contributed by atoms with Crippen LogP contribution in [0, 0.1) is 0 Å². The second kappa shape index (κ2) is 10.9. The number of carbonyl (C=O) groups excluding carboxylic acids is 1. The van der Waals surface area contributed by atoms with Crippen LogP contribution in [-0.4, -0.2) is 20.5 Å². The molecule has 0 amide bonds. The van der Waals surface area contributed by atoms with E-state index in [0.29, 0.717) is 6.04 Å². The van der Waals surface area contributed by atoms with Gasteiger partial charge in [-0.1, -0.05) is 64.8 Å². The lowest BCUT2D eigenvalue weighted by atomic mass is 10.1. The molecule has 0 aliphatic rings.